The normalized spacial score (nSPS) is 15.9. The fourth-order valence-corrected chi connectivity index (χ4v) is 2.03. The van der Waals surface area contributed by atoms with Crippen LogP contribution in [0.3, 0.4) is 0 Å². The molecule has 0 radical (unpaired) electrons. The molecular weight excluding hydrogens is 198 g/mol. The van der Waals surface area contributed by atoms with Crippen molar-refractivity contribution in [2.75, 3.05) is 19.7 Å². The summed E-state index contributed by atoms with van der Waals surface area (Å²) in [4.78, 5) is 0. The second kappa shape index (κ2) is 4.88. The lowest BCUT2D eigenvalue weighted by molar-refractivity contribution is 0.236. The first-order valence-electron chi connectivity index (χ1n) is 6.09. The van der Waals surface area contributed by atoms with Gasteiger partial charge < -0.3 is 10.1 Å². The third-order valence-corrected chi connectivity index (χ3v) is 3.51. The van der Waals surface area contributed by atoms with E-state index in [0.717, 1.165) is 31.4 Å². The van der Waals surface area contributed by atoms with Gasteiger partial charge in [0.25, 0.3) is 0 Å². The van der Waals surface area contributed by atoms with Crippen molar-refractivity contribution in [2.24, 2.45) is 5.92 Å². The van der Waals surface area contributed by atoms with Crippen LogP contribution in [0.2, 0.25) is 0 Å². The minimum atomic E-state index is 0.824. The Hall–Kier alpha value is -1.02. The Bertz CT molecular complexity index is 369. The highest BCUT2D eigenvalue weighted by atomic mass is 16.5. The maximum absolute atomic E-state index is 5.93. The molecule has 1 aromatic carbocycles. The van der Waals surface area contributed by atoms with E-state index in [9.17, 15) is 0 Å². The van der Waals surface area contributed by atoms with Gasteiger partial charge in [0.15, 0.2) is 0 Å². The van der Waals surface area contributed by atoms with Crippen molar-refractivity contribution in [3.8, 4) is 5.75 Å². The van der Waals surface area contributed by atoms with Gasteiger partial charge in [0, 0.05) is 0 Å². The van der Waals surface area contributed by atoms with Gasteiger partial charge in [-0.3, -0.25) is 0 Å². The van der Waals surface area contributed by atoms with E-state index in [1.54, 1.807) is 0 Å². The van der Waals surface area contributed by atoms with Crippen molar-refractivity contribution in [1.29, 1.82) is 0 Å². The molecule has 2 heteroatoms. The summed E-state index contributed by atoms with van der Waals surface area (Å²) < 4.78 is 5.93. The quantitative estimate of drug-likeness (QED) is 0.840. The molecule has 88 valence electrons. The van der Waals surface area contributed by atoms with Crippen molar-refractivity contribution in [2.45, 2.75) is 27.2 Å². The summed E-state index contributed by atoms with van der Waals surface area (Å²) in [6.45, 7) is 9.56. The van der Waals surface area contributed by atoms with Gasteiger partial charge in [-0.05, 0) is 62.9 Å². The van der Waals surface area contributed by atoms with E-state index < -0.39 is 0 Å². The van der Waals surface area contributed by atoms with Gasteiger partial charge in [0.1, 0.15) is 5.75 Å². The molecule has 0 amide bonds. The zero-order chi connectivity index (χ0) is 11.5. The van der Waals surface area contributed by atoms with Crippen LogP contribution in [-0.2, 0) is 0 Å². The molecule has 0 unspecified atom stereocenters. The monoisotopic (exact) mass is 219 g/mol. The maximum atomic E-state index is 5.93. The third kappa shape index (κ3) is 2.38. The highest BCUT2D eigenvalue weighted by Gasteiger charge is 2.16. The standard InChI is InChI=1S/C14H21NO/c1-10-4-5-11(2)14(12(10)3)16-7-6-13-8-15-9-13/h4-5,13,15H,6-9H2,1-3H3. The molecule has 1 aliphatic rings. The largest absolute Gasteiger partial charge is 0.493 e. The van der Waals surface area contributed by atoms with Crippen LogP contribution in [0, 0.1) is 26.7 Å². The first-order valence-corrected chi connectivity index (χ1v) is 6.09. The maximum Gasteiger partial charge on any atom is 0.125 e. The molecule has 0 aromatic heterocycles. The molecule has 0 saturated carbocycles. The van der Waals surface area contributed by atoms with Crippen LogP contribution in [0.1, 0.15) is 23.1 Å². The lowest BCUT2D eigenvalue weighted by Crippen LogP contribution is -2.42. The molecule has 0 atom stereocenters. The molecule has 1 aliphatic heterocycles. The molecule has 1 heterocycles. The van der Waals surface area contributed by atoms with Crippen LogP contribution >= 0.6 is 0 Å². The predicted molar refractivity (Wildman–Crippen MR) is 67.1 cm³/mol. The van der Waals surface area contributed by atoms with E-state index in [0.29, 0.717) is 0 Å². The molecule has 0 bridgehead atoms. The first kappa shape index (κ1) is 11.5. The molecule has 1 saturated heterocycles. The number of rotatable bonds is 4. The van der Waals surface area contributed by atoms with Crippen LogP contribution in [0.4, 0.5) is 0 Å². The van der Waals surface area contributed by atoms with Gasteiger partial charge in [-0.2, -0.15) is 0 Å². The average molecular weight is 219 g/mol. The van der Waals surface area contributed by atoms with E-state index in [-0.39, 0.29) is 0 Å². The van der Waals surface area contributed by atoms with Crippen LogP contribution in [-0.4, -0.2) is 19.7 Å². The smallest absolute Gasteiger partial charge is 0.125 e. The van der Waals surface area contributed by atoms with Gasteiger partial charge >= 0.3 is 0 Å². The minimum absolute atomic E-state index is 0.824. The number of aryl methyl sites for hydroxylation is 2. The van der Waals surface area contributed by atoms with Crippen LogP contribution in [0.25, 0.3) is 0 Å². The van der Waals surface area contributed by atoms with Crippen molar-refractivity contribution in [3.63, 3.8) is 0 Å². The summed E-state index contributed by atoms with van der Waals surface area (Å²) in [7, 11) is 0. The summed E-state index contributed by atoms with van der Waals surface area (Å²) in [5.74, 6) is 1.91. The zero-order valence-corrected chi connectivity index (χ0v) is 10.5. The number of benzene rings is 1. The van der Waals surface area contributed by atoms with Gasteiger partial charge in [-0.15, -0.1) is 0 Å². The van der Waals surface area contributed by atoms with E-state index in [1.165, 1.54) is 23.1 Å². The second-order valence-electron chi connectivity index (χ2n) is 4.81. The highest BCUT2D eigenvalue weighted by molar-refractivity contribution is 5.44. The highest BCUT2D eigenvalue weighted by Crippen LogP contribution is 2.26. The van der Waals surface area contributed by atoms with E-state index in [2.05, 4.69) is 38.2 Å². The molecule has 1 N–H and O–H groups in total. The third-order valence-electron chi connectivity index (χ3n) is 3.51. The van der Waals surface area contributed by atoms with Crippen molar-refractivity contribution >= 4 is 0 Å². The molecule has 1 fully saturated rings. The summed E-state index contributed by atoms with van der Waals surface area (Å²) in [6.07, 6.45) is 1.17. The fraction of sp³-hybridized carbons (Fsp3) is 0.571. The van der Waals surface area contributed by atoms with Crippen LogP contribution < -0.4 is 10.1 Å². The second-order valence-corrected chi connectivity index (χ2v) is 4.81. The van der Waals surface area contributed by atoms with E-state index >= 15 is 0 Å². The van der Waals surface area contributed by atoms with Crippen molar-refractivity contribution in [1.82, 2.24) is 5.32 Å². The summed E-state index contributed by atoms with van der Waals surface area (Å²) in [5, 5.41) is 3.29. The Morgan fingerprint density at radius 2 is 1.88 bits per heavy atom. The number of ether oxygens (including phenoxy) is 1. The molecule has 0 aliphatic carbocycles. The van der Waals surface area contributed by atoms with Gasteiger partial charge in [-0.1, -0.05) is 12.1 Å². The Morgan fingerprint density at radius 1 is 1.19 bits per heavy atom. The summed E-state index contributed by atoms with van der Waals surface area (Å²) >= 11 is 0. The van der Waals surface area contributed by atoms with E-state index in [4.69, 9.17) is 4.74 Å². The number of nitrogens with one attached hydrogen (secondary N) is 1. The first-order chi connectivity index (χ1) is 7.68. The van der Waals surface area contributed by atoms with Crippen LogP contribution in [0.15, 0.2) is 12.1 Å². The Kier molecular flexibility index (Phi) is 3.49. The lowest BCUT2D eigenvalue weighted by atomic mass is 10.00. The molecule has 1 aromatic rings. The Balaban J connectivity index is 1.94. The molecular formula is C14H21NO. The van der Waals surface area contributed by atoms with Gasteiger partial charge in [-0.25, -0.2) is 0 Å². The van der Waals surface area contributed by atoms with Gasteiger partial charge in [0.05, 0.1) is 6.61 Å². The van der Waals surface area contributed by atoms with Gasteiger partial charge in [0.2, 0.25) is 0 Å². The minimum Gasteiger partial charge on any atom is -0.493 e. The SMILES string of the molecule is Cc1ccc(C)c(OCCC2CNC2)c1C. The Morgan fingerprint density at radius 3 is 2.50 bits per heavy atom. The lowest BCUT2D eigenvalue weighted by Gasteiger charge is -2.27. The van der Waals surface area contributed by atoms with Crippen molar-refractivity contribution < 1.29 is 4.74 Å². The number of hydrogen-bond acceptors (Lipinski definition) is 2. The van der Waals surface area contributed by atoms with Crippen molar-refractivity contribution in [3.05, 3.63) is 28.8 Å². The fourth-order valence-electron chi connectivity index (χ4n) is 2.03. The molecule has 2 nitrogen and oxygen atoms in total. The Labute approximate surface area is 98.0 Å². The molecule has 2 rings (SSSR count). The number of hydrogen-bond donors (Lipinski definition) is 1. The molecule has 0 spiro atoms. The summed E-state index contributed by atoms with van der Waals surface area (Å²) in [6, 6.07) is 4.30. The topological polar surface area (TPSA) is 21.3 Å². The zero-order valence-electron chi connectivity index (χ0n) is 10.5. The predicted octanol–water partition coefficient (Wildman–Crippen LogP) is 2.60. The average Bonchev–Trinajstić information content (AvgIpc) is 2.20. The van der Waals surface area contributed by atoms with E-state index in [1.807, 2.05) is 0 Å². The summed E-state index contributed by atoms with van der Waals surface area (Å²) in [5.41, 5.74) is 3.84. The van der Waals surface area contributed by atoms with Crippen LogP contribution in [0.5, 0.6) is 5.75 Å². The molecule has 16 heavy (non-hydrogen) atoms.